The Labute approximate surface area is 189 Å². The van der Waals surface area contributed by atoms with E-state index in [9.17, 15) is 13.0 Å². The molecule has 3 N–H and O–H groups in total. The molecule has 0 aliphatic heterocycles. The first kappa shape index (κ1) is 22.0. The summed E-state index contributed by atoms with van der Waals surface area (Å²) in [6.07, 6.45) is 3.37. The molecule has 166 valence electrons. The predicted octanol–water partition coefficient (Wildman–Crippen LogP) is 5.43. The van der Waals surface area contributed by atoms with Gasteiger partial charge in [-0.3, -0.25) is 9.54 Å². The van der Waals surface area contributed by atoms with E-state index in [4.69, 9.17) is 10.6 Å². The van der Waals surface area contributed by atoms with E-state index in [-0.39, 0.29) is 21.7 Å². The van der Waals surface area contributed by atoms with Crippen LogP contribution in [-0.2, 0) is 16.7 Å². The third kappa shape index (κ3) is 5.17. The molecular formula is C22H18N6O4S. The van der Waals surface area contributed by atoms with E-state index in [1.807, 2.05) is 12.1 Å². The normalized spacial score (nSPS) is 12.0. The van der Waals surface area contributed by atoms with Gasteiger partial charge in [-0.05, 0) is 35.9 Å². The van der Waals surface area contributed by atoms with E-state index in [0.717, 1.165) is 5.56 Å². The molecule has 0 bridgehead atoms. The SMILES string of the molecule is NN=Nc1c(/N=N/c2cccc(OCc3ccncc3)c2)cc(S(=O)(=O)O)c2ccccc12. The van der Waals surface area contributed by atoms with Gasteiger partial charge < -0.3 is 10.6 Å². The quantitative estimate of drug-likeness (QED) is 0.162. The van der Waals surface area contributed by atoms with Crippen molar-refractivity contribution in [3.8, 4) is 5.75 Å². The van der Waals surface area contributed by atoms with Crippen LogP contribution >= 0.6 is 0 Å². The van der Waals surface area contributed by atoms with Gasteiger partial charge in [-0.25, -0.2) is 0 Å². The van der Waals surface area contributed by atoms with Crippen molar-refractivity contribution in [3.05, 3.63) is 84.7 Å². The van der Waals surface area contributed by atoms with Gasteiger partial charge in [0.15, 0.2) is 0 Å². The second-order valence-corrected chi connectivity index (χ2v) is 8.21. The van der Waals surface area contributed by atoms with E-state index in [0.29, 0.717) is 23.4 Å². The molecule has 10 nitrogen and oxygen atoms in total. The minimum Gasteiger partial charge on any atom is -0.489 e. The number of hydrogen-bond donors (Lipinski definition) is 2. The average Bonchev–Trinajstić information content (AvgIpc) is 2.82. The van der Waals surface area contributed by atoms with Crippen LogP contribution in [-0.4, -0.2) is 18.0 Å². The molecule has 0 spiro atoms. The maximum atomic E-state index is 12.0. The zero-order chi connectivity index (χ0) is 23.3. The van der Waals surface area contributed by atoms with Crippen molar-refractivity contribution in [2.24, 2.45) is 26.4 Å². The summed E-state index contributed by atoms with van der Waals surface area (Å²) in [5, 5.41) is 16.2. The Balaban J connectivity index is 1.70. The monoisotopic (exact) mass is 462 g/mol. The van der Waals surface area contributed by atoms with Crippen LogP contribution in [0.2, 0.25) is 0 Å². The lowest BCUT2D eigenvalue weighted by Gasteiger charge is -2.09. The molecule has 4 rings (SSSR count). The Morgan fingerprint density at radius 2 is 1.67 bits per heavy atom. The predicted molar refractivity (Wildman–Crippen MR) is 122 cm³/mol. The first-order valence-electron chi connectivity index (χ1n) is 9.63. The van der Waals surface area contributed by atoms with E-state index in [2.05, 4.69) is 25.5 Å². The summed E-state index contributed by atoms with van der Waals surface area (Å²) in [6, 6.07) is 18.3. The van der Waals surface area contributed by atoms with Gasteiger partial charge in [-0.1, -0.05) is 35.6 Å². The molecule has 0 atom stereocenters. The highest BCUT2D eigenvalue weighted by Gasteiger charge is 2.19. The van der Waals surface area contributed by atoms with Crippen molar-refractivity contribution in [1.82, 2.24) is 4.98 Å². The molecule has 4 aromatic rings. The topological polar surface area (TPSA) is 152 Å². The molecule has 0 radical (unpaired) electrons. The van der Waals surface area contributed by atoms with Crippen LogP contribution in [0.1, 0.15) is 5.56 Å². The molecule has 0 fully saturated rings. The molecule has 0 saturated heterocycles. The van der Waals surface area contributed by atoms with Crippen LogP contribution in [0.3, 0.4) is 0 Å². The summed E-state index contributed by atoms with van der Waals surface area (Å²) in [7, 11) is -4.54. The van der Waals surface area contributed by atoms with Crippen molar-refractivity contribution >= 4 is 38.0 Å². The summed E-state index contributed by atoms with van der Waals surface area (Å²) in [5.41, 5.74) is 1.70. The van der Waals surface area contributed by atoms with Crippen LogP contribution in [0.15, 0.2) is 105 Å². The Hall–Kier alpha value is -4.22. The van der Waals surface area contributed by atoms with Gasteiger partial charge in [-0.2, -0.15) is 13.5 Å². The number of ether oxygens (including phenoxy) is 1. The minimum atomic E-state index is -4.54. The van der Waals surface area contributed by atoms with Crippen molar-refractivity contribution in [2.45, 2.75) is 11.5 Å². The molecular weight excluding hydrogens is 444 g/mol. The summed E-state index contributed by atoms with van der Waals surface area (Å²) < 4.78 is 39.4. The van der Waals surface area contributed by atoms with Crippen LogP contribution in [0.5, 0.6) is 5.75 Å². The van der Waals surface area contributed by atoms with Crippen molar-refractivity contribution < 1.29 is 17.7 Å². The molecule has 0 aliphatic rings. The van der Waals surface area contributed by atoms with Gasteiger partial charge in [-0.15, -0.1) is 10.2 Å². The maximum absolute atomic E-state index is 12.0. The second kappa shape index (κ2) is 9.51. The zero-order valence-corrected chi connectivity index (χ0v) is 17.9. The maximum Gasteiger partial charge on any atom is 0.295 e. The first-order chi connectivity index (χ1) is 16.0. The van der Waals surface area contributed by atoms with Gasteiger partial charge in [0.25, 0.3) is 10.1 Å². The summed E-state index contributed by atoms with van der Waals surface area (Å²) in [4.78, 5) is 3.65. The van der Waals surface area contributed by atoms with Crippen LogP contribution in [0, 0.1) is 0 Å². The number of fused-ring (bicyclic) bond motifs is 1. The summed E-state index contributed by atoms with van der Waals surface area (Å²) >= 11 is 0. The smallest absolute Gasteiger partial charge is 0.295 e. The number of nitrogens with two attached hydrogens (primary N) is 1. The Morgan fingerprint density at radius 3 is 2.39 bits per heavy atom. The lowest BCUT2D eigenvalue weighted by molar-refractivity contribution is 0.306. The lowest BCUT2D eigenvalue weighted by Crippen LogP contribution is -1.99. The molecule has 3 aromatic carbocycles. The summed E-state index contributed by atoms with van der Waals surface area (Å²) in [6.45, 7) is 0.354. The van der Waals surface area contributed by atoms with Crippen LogP contribution in [0.4, 0.5) is 17.1 Å². The van der Waals surface area contributed by atoms with Gasteiger partial charge in [0, 0.05) is 29.2 Å². The fourth-order valence-electron chi connectivity index (χ4n) is 3.16. The van der Waals surface area contributed by atoms with E-state index in [1.165, 1.54) is 6.07 Å². The molecule has 0 amide bonds. The fraction of sp³-hybridized carbons (Fsp3) is 0.0455. The lowest BCUT2D eigenvalue weighted by atomic mass is 10.1. The van der Waals surface area contributed by atoms with Gasteiger partial charge in [0.2, 0.25) is 0 Å². The third-order valence-electron chi connectivity index (χ3n) is 4.64. The summed E-state index contributed by atoms with van der Waals surface area (Å²) in [5.74, 6) is 5.82. The number of nitrogens with zero attached hydrogens (tertiary/aromatic N) is 5. The molecule has 0 saturated carbocycles. The van der Waals surface area contributed by atoms with E-state index >= 15 is 0 Å². The molecule has 0 aliphatic carbocycles. The second-order valence-electron chi connectivity index (χ2n) is 6.82. The minimum absolute atomic E-state index is 0.0682. The fourth-order valence-corrected chi connectivity index (χ4v) is 3.87. The van der Waals surface area contributed by atoms with Crippen molar-refractivity contribution in [3.63, 3.8) is 0 Å². The standard InChI is InChI=1S/C22H18N6O4S/c23-28-27-22-19-7-2-1-6-18(19)21(33(29,30)31)13-20(22)26-25-16-4-3-5-17(12-16)32-14-15-8-10-24-11-9-15/h1-13H,14H2,(H2,23,27)(H,29,30,31)/b26-25+. The average molecular weight is 462 g/mol. The Bertz CT molecular complexity index is 1460. The number of pyridine rings is 1. The highest BCUT2D eigenvalue weighted by atomic mass is 32.2. The van der Waals surface area contributed by atoms with Crippen LogP contribution in [0.25, 0.3) is 10.8 Å². The molecule has 11 heteroatoms. The molecule has 1 heterocycles. The van der Waals surface area contributed by atoms with Crippen molar-refractivity contribution in [1.29, 1.82) is 0 Å². The highest BCUT2D eigenvalue weighted by molar-refractivity contribution is 7.86. The number of benzene rings is 3. The number of hydrogen-bond acceptors (Lipinski definition) is 8. The van der Waals surface area contributed by atoms with Crippen molar-refractivity contribution in [2.75, 3.05) is 0 Å². The first-order valence-corrected chi connectivity index (χ1v) is 11.1. The number of rotatable bonds is 7. The third-order valence-corrected chi connectivity index (χ3v) is 5.53. The molecule has 0 unspecified atom stereocenters. The number of aromatic nitrogens is 1. The van der Waals surface area contributed by atoms with Gasteiger partial charge in [0.1, 0.15) is 28.6 Å². The Morgan fingerprint density at radius 1 is 0.909 bits per heavy atom. The van der Waals surface area contributed by atoms with Gasteiger partial charge in [0.05, 0.1) is 5.69 Å². The van der Waals surface area contributed by atoms with Crippen LogP contribution < -0.4 is 10.6 Å². The number of azo groups is 1. The van der Waals surface area contributed by atoms with E-state index in [1.54, 1.807) is 60.9 Å². The Kier molecular flexibility index (Phi) is 6.33. The zero-order valence-electron chi connectivity index (χ0n) is 17.1. The largest absolute Gasteiger partial charge is 0.489 e. The molecule has 1 aromatic heterocycles. The molecule has 33 heavy (non-hydrogen) atoms. The van der Waals surface area contributed by atoms with Gasteiger partial charge >= 0.3 is 0 Å². The van der Waals surface area contributed by atoms with E-state index < -0.39 is 10.1 Å². The highest BCUT2D eigenvalue weighted by Crippen LogP contribution is 2.40.